The van der Waals surface area contributed by atoms with Crippen molar-refractivity contribution >= 4 is 0 Å². The van der Waals surface area contributed by atoms with Crippen molar-refractivity contribution in [3.05, 3.63) is 53.8 Å². The molecule has 2 rings (SSSR count). The molecule has 0 amide bonds. The van der Waals surface area contributed by atoms with Gasteiger partial charge in [-0.15, -0.1) is 0 Å². The van der Waals surface area contributed by atoms with Crippen LogP contribution in [0.4, 0.5) is 4.39 Å². The van der Waals surface area contributed by atoms with E-state index in [0.717, 1.165) is 0 Å². The Hall–Kier alpha value is -2.07. The Morgan fingerprint density at radius 3 is 2.44 bits per heavy atom. The van der Waals surface area contributed by atoms with Gasteiger partial charge in [0.25, 0.3) is 0 Å². The van der Waals surface area contributed by atoms with E-state index in [9.17, 15) is 4.39 Å². The molecule has 0 aromatic heterocycles. The topological polar surface area (TPSA) is 44.5 Å². The Kier molecular flexibility index (Phi) is 3.79. The third-order valence-corrected chi connectivity index (χ3v) is 2.53. The lowest BCUT2D eigenvalue weighted by molar-refractivity contribution is 0.377. The number of nitrogens with two attached hydrogens (primary N) is 1. The maximum absolute atomic E-state index is 13.1. The third kappa shape index (κ3) is 2.60. The van der Waals surface area contributed by atoms with E-state index in [2.05, 4.69) is 0 Å². The fraction of sp³-hybridized carbons (Fsp3) is 0.143. The molecule has 0 aliphatic rings. The minimum Gasteiger partial charge on any atom is -0.493 e. The summed E-state index contributed by atoms with van der Waals surface area (Å²) in [6.45, 7) is 0.211. The zero-order valence-corrected chi connectivity index (χ0v) is 10.0. The SMILES string of the molecule is COc1ccccc1Oc1ccc(F)cc1CN. The number of hydrogen-bond acceptors (Lipinski definition) is 3. The van der Waals surface area contributed by atoms with E-state index in [-0.39, 0.29) is 12.4 Å². The van der Waals surface area contributed by atoms with Crippen LogP contribution in [-0.4, -0.2) is 7.11 Å². The molecule has 0 atom stereocenters. The highest BCUT2D eigenvalue weighted by molar-refractivity contribution is 5.44. The molecule has 0 bridgehead atoms. The molecular formula is C14H14FNO2. The van der Waals surface area contributed by atoms with Crippen molar-refractivity contribution in [3.8, 4) is 17.2 Å². The predicted octanol–water partition coefficient (Wildman–Crippen LogP) is 3.09. The molecule has 0 unspecified atom stereocenters. The molecule has 2 aromatic carbocycles. The first-order chi connectivity index (χ1) is 8.74. The van der Waals surface area contributed by atoms with Crippen molar-refractivity contribution < 1.29 is 13.9 Å². The zero-order chi connectivity index (χ0) is 13.0. The number of methoxy groups -OCH3 is 1. The number of benzene rings is 2. The van der Waals surface area contributed by atoms with Crippen molar-refractivity contribution in [3.63, 3.8) is 0 Å². The van der Waals surface area contributed by atoms with E-state index >= 15 is 0 Å². The maximum atomic E-state index is 13.1. The molecular weight excluding hydrogens is 233 g/mol. The first-order valence-corrected chi connectivity index (χ1v) is 5.54. The molecule has 94 valence electrons. The fourth-order valence-corrected chi connectivity index (χ4v) is 1.63. The smallest absolute Gasteiger partial charge is 0.169 e. The van der Waals surface area contributed by atoms with Crippen LogP contribution in [0.2, 0.25) is 0 Å². The summed E-state index contributed by atoms with van der Waals surface area (Å²) in [6.07, 6.45) is 0. The Morgan fingerprint density at radius 2 is 1.78 bits per heavy atom. The molecule has 0 saturated heterocycles. The Labute approximate surface area is 105 Å². The summed E-state index contributed by atoms with van der Waals surface area (Å²) in [5, 5.41) is 0. The second-order valence-corrected chi connectivity index (χ2v) is 3.71. The second-order valence-electron chi connectivity index (χ2n) is 3.71. The standard InChI is InChI=1S/C14H14FNO2/c1-17-13-4-2-3-5-14(13)18-12-7-6-11(15)8-10(12)9-16/h2-8H,9,16H2,1H3. The summed E-state index contributed by atoms with van der Waals surface area (Å²) in [6, 6.07) is 11.5. The van der Waals surface area contributed by atoms with E-state index in [1.807, 2.05) is 12.1 Å². The van der Waals surface area contributed by atoms with Gasteiger partial charge >= 0.3 is 0 Å². The molecule has 0 aliphatic heterocycles. The van der Waals surface area contributed by atoms with Gasteiger partial charge in [-0.1, -0.05) is 12.1 Å². The number of hydrogen-bond donors (Lipinski definition) is 1. The van der Waals surface area contributed by atoms with E-state index in [0.29, 0.717) is 22.8 Å². The van der Waals surface area contributed by atoms with E-state index in [1.54, 1.807) is 25.3 Å². The summed E-state index contributed by atoms with van der Waals surface area (Å²) in [5.41, 5.74) is 6.18. The maximum Gasteiger partial charge on any atom is 0.169 e. The predicted molar refractivity (Wildman–Crippen MR) is 67.4 cm³/mol. The minimum absolute atomic E-state index is 0.211. The van der Waals surface area contributed by atoms with Gasteiger partial charge in [-0.25, -0.2) is 4.39 Å². The molecule has 0 spiro atoms. The van der Waals surface area contributed by atoms with Crippen LogP contribution >= 0.6 is 0 Å². The van der Waals surface area contributed by atoms with Crippen molar-refractivity contribution in [2.45, 2.75) is 6.54 Å². The van der Waals surface area contributed by atoms with Crippen LogP contribution in [0.1, 0.15) is 5.56 Å². The van der Waals surface area contributed by atoms with Crippen LogP contribution in [-0.2, 0) is 6.54 Å². The van der Waals surface area contributed by atoms with Gasteiger partial charge in [0.2, 0.25) is 0 Å². The van der Waals surface area contributed by atoms with Gasteiger partial charge in [0.15, 0.2) is 11.5 Å². The molecule has 3 nitrogen and oxygen atoms in total. The largest absolute Gasteiger partial charge is 0.493 e. The highest BCUT2D eigenvalue weighted by Crippen LogP contribution is 2.32. The monoisotopic (exact) mass is 247 g/mol. The molecule has 0 aliphatic carbocycles. The third-order valence-electron chi connectivity index (χ3n) is 2.53. The summed E-state index contributed by atoms with van der Waals surface area (Å²) < 4.78 is 24.0. The quantitative estimate of drug-likeness (QED) is 0.903. The van der Waals surface area contributed by atoms with Crippen molar-refractivity contribution in [1.82, 2.24) is 0 Å². The van der Waals surface area contributed by atoms with Gasteiger partial charge in [0.05, 0.1) is 7.11 Å². The highest BCUT2D eigenvalue weighted by Gasteiger charge is 2.08. The molecule has 0 saturated carbocycles. The fourth-order valence-electron chi connectivity index (χ4n) is 1.63. The number of para-hydroxylation sites is 2. The average molecular weight is 247 g/mol. The van der Waals surface area contributed by atoms with Crippen molar-refractivity contribution in [1.29, 1.82) is 0 Å². The average Bonchev–Trinajstić information content (AvgIpc) is 2.41. The van der Waals surface area contributed by atoms with Gasteiger partial charge in [0.1, 0.15) is 11.6 Å². The summed E-state index contributed by atoms with van der Waals surface area (Å²) in [5.74, 6) is 1.39. The summed E-state index contributed by atoms with van der Waals surface area (Å²) >= 11 is 0. The first-order valence-electron chi connectivity index (χ1n) is 5.54. The van der Waals surface area contributed by atoms with Gasteiger partial charge in [0, 0.05) is 12.1 Å². The molecule has 0 heterocycles. The zero-order valence-electron chi connectivity index (χ0n) is 10.0. The Balaban J connectivity index is 2.33. The first kappa shape index (κ1) is 12.4. The summed E-state index contributed by atoms with van der Waals surface area (Å²) in [4.78, 5) is 0. The van der Waals surface area contributed by atoms with Crippen LogP contribution in [0.25, 0.3) is 0 Å². The van der Waals surface area contributed by atoms with Crippen molar-refractivity contribution in [2.75, 3.05) is 7.11 Å². The van der Waals surface area contributed by atoms with Gasteiger partial charge < -0.3 is 15.2 Å². The highest BCUT2D eigenvalue weighted by atomic mass is 19.1. The van der Waals surface area contributed by atoms with Crippen LogP contribution in [0.5, 0.6) is 17.2 Å². The van der Waals surface area contributed by atoms with E-state index in [1.165, 1.54) is 12.1 Å². The minimum atomic E-state index is -0.331. The molecule has 2 N–H and O–H groups in total. The molecule has 0 fully saturated rings. The lowest BCUT2D eigenvalue weighted by atomic mass is 10.2. The van der Waals surface area contributed by atoms with Gasteiger partial charge in [-0.05, 0) is 30.3 Å². The number of halogens is 1. The molecule has 4 heteroatoms. The van der Waals surface area contributed by atoms with Crippen molar-refractivity contribution in [2.24, 2.45) is 5.73 Å². The van der Waals surface area contributed by atoms with Gasteiger partial charge in [-0.2, -0.15) is 0 Å². The van der Waals surface area contributed by atoms with Crippen LogP contribution < -0.4 is 15.2 Å². The normalized spacial score (nSPS) is 10.2. The van der Waals surface area contributed by atoms with E-state index < -0.39 is 0 Å². The number of rotatable bonds is 4. The molecule has 2 aromatic rings. The number of ether oxygens (including phenoxy) is 2. The Morgan fingerprint density at radius 1 is 1.06 bits per heavy atom. The lowest BCUT2D eigenvalue weighted by Gasteiger charge is -2.12. The second kappa shape index (κ2) is 5.51. The lowest BCUT2D eigenvalue weighted by Crippen LogP contribution is -2.00. The van der Waals surface area contributed by atoms with Crippen LogP contribution in [0.15, 0.2) is 42.5 Å². The Bertz CT molecular complexity index is 543. The molecule has 18 heavy (non-hydrogen) atoms. The van der Waals surface area contributed by atoms with Crippen LogP contribution in [0.3, 0.4) is 0 Å². The summed E-state index contributed by atoms with van der Waals surface area (Å²) in [7, 11) is 1.57. The van der Waals surface area contributed by atoms with Crippen LogP contribution in [0, 0.1) is 5.82 Å². The molecule has 0 radical (unpaired) electrons. The van der Waals surface area contributed by atoms with E-state index in [4.69, 9.17) is 15.2 Å². The van der Waals surface area contributed by atoms with Gasteiger partial charge in [-0.3, -0.25) is 0 Å².